The van der Waals surface area contributed by atoms with Gasteiger partial charge in [-0.05, 0) is 140 Å². The zero-order valence-corrected chi connectivity index (χ0v) is 65.5. The van der Waals surface area contributed by atoms with Crippen molar-refractivity contribution in [2.75, 3.05) is 19.8 Å². The van der Waals surface area contributed by atoms with Gasteiger partial charge in [-0.1, -0.05) is 282 Å². The number of hydrogen-bond donors (Lipinski definition) is 0. The number of rotatable bonds is 15. The number of fused-ring (bicyclic) bond motifs is 9. The number of carbonyl (C=O) groups excluding carboxylic acids is 3. The summed E-state index contributed by atoms with van der Waals surface area (Å²) in [4.78, 5) is 91.2. The minimum absolute atomic E-state index is 0.00433. The van der Waals surface area contributed by atoms with Crippen molar-refractivity contribution in [3.8, 4) is 50.6 Å². The average molecular weight is 1450 g/mol. The Bertz CT molecular complexity index is 4970. The average Bonchev–Trinajstić information content (AvgIpc) is 1.50. The molecule has 0 amide bonds. The Kier molecular flexibility index (Phi) is 19.8. The van der Waals surface area contributed by atoms with E-state index < -0.39 is 68.0 Å². The van der Waals surface area contributed by atoms with Crippen LogP contribution in [0.3, 0.4) is 0 Å². The second-order valence-electron chi connectivity index (χ2n) is 35.3. The standard InChI is InChI=1S/C93H99N3O12/c1-88(2,3)73-44-43-57(78(93(16,17)18)81(73)108-87(102)105-54-72-68-41-29-23-35-62(68)63-36-24-30-42-69(63)72)51-96-83(98)94(49-55-45-74(89(4,5)6)79(75(46-55)90(7,8)9)106-85(100)103-52-70-64-37-25-19-31-58(64)59-32-20-26-38-65(59)70)82(97)95(84(96)99)50-56-47-76(91(10,11)12)80(77(48-56)92(13,14)15)107-86(101)104-53-71-66-39-27-21-33-60(66)61-34-22-28-40-67(61)71/h19-48,70-72H,49-54H2,1-18H3. The lowest BCUT2D eigenvalue weighted by molar-refractivity contribution is 0.0940. The van der Waals surface area contributed by atoms with E-state index in [0.717, 1.165) is 80.5 Å². The van der Waals surface area contributed by atoms with Crippen molar-refractivity contribution >= 4 is 18.5 Å². The number of carbonyl (C=O) groups is 3. The summed E-state index contributed by atoms with van der Waals surface area (Å²) in [6.07, 6.45) is -2.69. The summed E-state index contributed by atoms with van der Waals surface area (Å²) >= 11 is 0. The summed E-state index contributed by atoms with van der Waals surface area (Å²) in [6, 6.07) is 59.8. The first-order chi connectivity index (χ1) is 50.9. The van der Waals surface area contributed by atoms with E-state index in [-0.39, 0.29) is 63.0 Å². The number of hydrogen-bond acceptors (Lipinski definition) is 12. The number of benzene rings is 9. The third-order valence-corrected chi connectivity index (χ3v) is 21.3. The van der Waals surface area contributed by atoms with Gasteiger partial charge in [0, 0.05) is 51.1 Å². The third-order valence-electron chi connectivity index (χ3n) is 21.3. The van der Waals surface area contributed by atoms with Crippen LogP contribution in [0.5, 0.6) is 17.2 Å². The maximum Gasteiger partial charge on any atom is 0.513 e. The molecule has 0 spiro atoms. The predicted octanol–water partition coefficient (Wildman–Crippen LogP) is 20.1. The first-order valence-electron chi connectivity index (χ1n) is 37.4. The molecule has 1 heterocycles. The monoisotopic (exact) mass is 1450 g/mol. The highest BCUT2D eigenvalue weighted by atomic mass is 16.7. The largest absolute Gasteiger partial charge is 0.513 e. The van der Waals surface area contributed by atoms with Gasteiger partial charge in [0.1, 0.15) is 37.1 Å². The highest BCUT2D eigenvalue weighted by Gasteiger charge is 2.39. The van der Waals surface area contributed by atoms with Gasteiger partial charge in [0.2, 0.25) is 0 Å². The molecule has 15 nitrogen and oxygen atoms in total. The van der Waals surface area contributed by atoms with Crippen LogP contribution in [-0.4, -0.2) is 52.0 Å². The molecule has 13 rings (SSSR count). The molecule has 0 fully saturated rings. The summed E-state index contributed by atoms with van der Waals surface area (Å²) in [5, 5.41) is 0. The summed E-state index contributed by atoms with van der Waals surface area (Å²) in [5.74, 6) is 0.153. The van der Waals surface area contributed by atoms with Crippen LogP contribution < -0.4 is 31.3 Å². The molecule has 0 aliphatic heterocycles. The zero-order valence-electron chi connectivity index (χ0n) is 65.5. The van der Waals surface area contributed by atoms with Gasteiger partial charge in [-0.2, -0.15) is 0 Å². The van der Waals surface area contributed by atoms with E-state index in [1.54, 1.807) is 0 Å². The fourth-order valence-electron chi connectivity index (χ4n) is 16.0. The normalized spacial score (nSPS) is 13.6. The number of aromatic nitrogens is 3. The number of nitrogens with zero attached hydrogens (tertiary/aromatic N) is 3. The zero-order chi connectivity index (χ0) is 77.5. The van der Waals surface area contributed by atoms with Crippen molar-refractivity contribution in [3.05, 3.63) is 297 Å². The van der Waals surface area contributed by atoms with E-state index in [1.165, 1.54) is 0 Å². The summed E-state index contributed by atoms with van der Waals surface area (Å²) in [7, 11) is 0. The summed E-state index contributed by atoms with van der Waals surface area (Å²) in [5.41, 5.74) is 11.1. The Labute approximate surface area is 633 Å². The molecular weight excluding hydrogens is 1350 g/mol. The molecule has 0 atom stereocenters. The van der Waals surface area contributed by atoms with E-state index in [9.17, 15) is 14.4 Å². The lowest BCUT2D eigenvalue weighted by Crippen LogP contribution is -2.55. The quantitative estimate of drug-likeness (QED) is 0.0541. The summed E-state index contributed by atoms with van der Waals surface area (Å²) in [6.45, 7) is 35.0. The molecule has 558 valence electrons. The van der Waals surface area contributed by atoms with Gasteiger partial charge in [-0.3, -0.25) is 0 Å². The van der Waals surface area contributed by atoms with Crippen LogP contribution in [0.4, 0.5) is 14.4 Å². The fourth-order valence-corrected chi connectivity index (χ4v) is 16.0. The molecular formula is C93H99N3O12. The molecule has 0 unspecified atom stereocenters. The lowest BCUT2D eigenvalue weighted by atomic mass is 9.77. The second kappa shape index (κ2) is 28.4. The Balaban J connectivity index is 0.903. The molecule has 0 bridgehead atoms. The highest BCUT2D eigenvalue weighted by Crippen LogP contribution is 2.50. The van der Waals surface area contributed by atoms with Gasteiger partial charge in [-0.15, -0.1) is 0 Å². The molecule has 0 saturated heterocycles. The predicted molar refractivity (Wildman–Crippen MR) is 425 cm³/mol. The van der Waals surface area contributed by atoms with Crippen LogP contribution in [0.2, 0.25) is 0 Å². The Morgan fingerprint density at radius 2 is 0.537 bits per heavy atom. The van der Waals surface area contributed by atoms with Crippen molar-refractivity contribution in [1.82, 2.24) is 13.7 Å². The van der Waals surface area contributed by atoms with Crippen LogP contribution in [0.25, 0.3) is 33.4 Å². The van der Waals surface area contributed by atoms with Gasteiger partial charge < -0.3 is 28.4 Å². The maximum absolute atomic E-state index is 16.0. The van der Waals surface area contributed by atoms with E-state index >= 15 is 14.4 Å². The molecule has 10 aromatic rings. The van der Waals surface area contributed by atoms with Gasteiger partial charge in [0.15, 0.2) is 0 Å². The molecule has 0 radical (unpaired) electrons. The van der Waals surface area contributed by atoms with E-state index in [4.69, 9.17) is 28.4 Å². The molecule has 3 aliphatic carbocycles. The lowest BCUT2D eigenvalue weighted by Gasteiger charge is -2.31. The first kappa shape index (κ1) is 75.4. The Morgan fingerprint density at radius 3 is 0.787 bits per heavy atom. The van der Waals surface area contributed by atoms with Crippen LogP contribution in [-0.2, 0) is 66.3 Å². The van der Waals surface area contributed by atoms with Crippen molar-refractivity contribution in [3.63, 3.8) is 0 Å². The van der Waals surface area contributed by atoms with Crippen LogP contribution >= 0.6 is 0 Å². The Morgan fingerprint density at radius 1 is 0.296 bits per heavy atom. The van der Waals surface area contributed by atoms with E-state index in [0.29, 0.717) is 61.6 Å². The minimum Gasteiger partial charge on any atom is -0.433 e. The van der Waals surface area contributed by atoms with Crippen molar-refractivity contribution in [2.45, 2.75) is 195 Å². The van der Waals surface area contributed by atoms with Gasteiger partial charge in [0.05, 0.1) is 19.6 Å². The highest BCUT2D eigenvalue weighted by molar-refractivity contribution is 5.82. The molecule has 1 aromatic heterocycles. The van der Waals surface area contributed by atoms with E-state index in [2.05, 4.69) is 72.8 Å². The third kappa shape index (κ3) is 14.8. The van der Waals surface area contributed by atoms with Gasteiger partial charge >= 0.3 is 35.5 Å². The molecule has 0 saturated carbocycles. The van der Waals surface area contributed by atoms with Crippen LogP contribution in [0.1, 0.15) is 226 Å². The van der Waals surface area contributed by atoms with Gasteiger partial charge in [-0.25, -0.2) is 42.5 Å². The number of ether oxygens (including phenoxy) is 6. The molecule has 0 N–H and O–H groups in total. The van der Waals surface area contributed by atoms with Gasteiger partial charge in [0.25, 0.3) is 0 Å². The fraction of sp³-hybridized carbons (Fsp3) is 0.355. The SMILES string of the molecule is CC(C)(C)c1cc(Cn2c(=O)n(Cc3cc(C(C)(C)C)c(OC(=O)OCC4c5ccccc5-c5ccccc54)c(C(C)(C)C)c3)c(=O)n(Cc3ccc(C(C)(C)C)c(OC(=O)OCC4c5ccccc5-c5ccccc54)c3C(C)(C)C)c2=O)cc(C(C)(C)C)c1OC(=O)OCC1c2ccccc2-c2ccccc21. The first-order valence-corrected chi connectivity index (χ1v) is 37.4. The Hall–Kier alpha value is -10.8. The van der Waals surface area contributed by atoms with Crippen molar-refractivity contribution in [2.24, 2.45) is 0 Å². The van der Waals surface area contributed by atoms with Crippen molar-refractivity contribution < 1.29 is 42.8 Å². The smallest absolute Gasteiger partial charge is 0.433 e. The molecule has 108 heavy (non-hydrogen) atoms. The summed E-state index contributed by atoms with van der Waals surface area (Å²) < 4.78 is 40.9. The molecule has 15 heteroatoms. The topological polar surface area (TPSA) is 173 Å². The maximum atomic E-state index is 16.0. The van der Waals surface area contributed by atoms with E-state index in [1.807, 2.05) is 234 Å². The van der Waals surface area contributed by atoms with Crippen molar-refractivity contribution in [1.29, 1.82) is 0 Å². The van der Waals surface area contributed by atoms with Crippen LogP contribution in [0, 0.1) is 0 Å². The van der Waals surface area contributed by atoms with Crippen LogP contribution in [0.15, 0.2) is 196 Å². The second-order valence-corrected chi connectivity index (χ2v) is 35.3. The molecule has 3 aliphatic rings. The molecule has 9 aromatic carbocycles. The minimum atomic E-state index is -0.920.